The average molecular weight is 508 g/mol. The Kier molecular flexibility index (Phi) is 7.77. The van der Waals surface area contributed by atoms with E-state index in [0.717, 1.165) is 18.2 Å². The minimum Gasteiger partial charge on any atom is -0.506 e. The molecule has 36 heavy (non-hydrogen) atoms. The molecular weight excluding hydrogens is 491 g/mol. The van der Waals surface area contributed by atoms with Crippen LogP contribution >= 0.6 is 0 Å². The third kappa shape index (κ3) is 5.37. The van der Waals surface area contributed by atoms with Crippen LogP contribution in [0.5, 0.6) is 23.0 Å². The Morgan fingerprint density at radius 1 is 0.833 bits per heavy atom. The summed E-state index contributed by atoms with van der Waals surface area (Å²) in [7, 11) is 1.43. The number of carbonyl (C=O) groups is 2. The number of amides is 2. The van der Waals surface area contributed by atoms with E-state index in [-0.39, 0.29) is 17.2 Å². The van der Waals surface area contributed by atoms with Crippen LogP contribution < -0.4 is 20.1 Å². The number of hydrogen-bond acceptors (Lipinski definition) is 5. The van der Waals surface area contributed by atoms with Crippen LogP contribution in [0.4, 0.5) is 33.3 Å². The lowest BCUT2D eigenvalue weighted by Crippen LogP contribution is -2.19. The minimum atomic E-state index is -2.43. The Balaban J connectivity index is 2.06. The monoisotopic (exact) mass is 508 g/mol. The van der Waals surface area contributed by atoms with Gasteiger partial charge in [0.1, 0.15) is 22.8 Å². The van der Waals surface area contributed by atoms with Crippen LogP contribution in [-0.2, 0) is 4.79 Å². The van der Waals surface area contributed by atoms with E-state index in [1.165, 1.54) is 37.5 Å². The van der Waals surface area contributed by atoms with Crippen molar-refractivity contribution in [2.24, 2.45) is 0 Å². The van der Waals surface area contributed by atoms with Crippen LogP contribution in [0.3, 0.4) is 0 Å². The largest absolute Gasteiger partial charge is 0.506 e. The fourth-order valence-corrected chi connectivity index (χ4v) is 2.94. The number of rotatable bonds is 7. The number of phenols is 1. The van der Waals surface area contributed by atoms with Crippen molar-refractivity contribution in [2.45, 2.75) is 6.92 Å². The van der Waals surface area contributed by atoms with E-state index < -0.39 is 57.9 Å². The summed E-state index contributed by atoms with van der Waals surface area (Å²) in [5.41, 5.74) is -2.33. The fraction of sp³-hybridized carbons (Fsp3) is 0.0833. The molecule has 3 N–H and O–H groups in total. The van der Waals surface area contributed by atoms with E-state index in [0.29, 0.717) is 5.75 Å². The molecule has 0 radical (unpaired) electrons. The summed E-state index contributed by atoms with van der Waals surface area (Å²) in [6, 6.07) is 7.90. The predicted octanol–water partition coefficient (Wildman–Crippen LogP) is 5.66. The molecule has 2 amide bonds. The second kappa shape index (κ2) is 10.8. The molecule has 0 saturated heterocycles. The van der Waals surface area contributed by atoms with Gasteiger partial charge in [0.15, 0.2) is 29.0 Å². The summed E-state index contributed by atoms with van der Waals surface area (Å²) in [4.78, 5) is 24.4. The van der Waals surface area contributed by atoms with Gasteiger partial charge in [0, 0.05) is 12.1 Å². The Morgan fingerprint density at radius 2 is 1.39 bits per heavy atom. The molecule has 0 saturated carbocycles. The van der Waals surface area contributed by atoms with Crippen molar-refractivity contribution in [3.8, 4) is 23.0 Å². The smallest absolute Gasteiger partial charge is 0.261 e. The van der Waals surface area contributed by atoms with E-state index in [1.807, 2.05) is 5.32 Å². The predicted molar refractivity (Wildman–Crippen MR) is 119 cm³/mol. The van der Waals surface area contributed by atoms with Crippen LogP contribution in [0.15, 0.2) is 48.6 Å². The van der Waals surface area contributed by atoms with Crippen molar-refractivity contribution in [1.82, 2.24) is 0 Å². The lowest BCUT2D eigenvalue weighted by atomic mass is 10.1. The first-order chi connectivity index (χ1) is 17.1. The van der Waals surface area contributed by atoms with E-state index in [9.17, 15) is 36.6 Å². The second-order valence-corrected chi connectivity index (χ2v) is 7.03. The molecular formula is C24H17F5N2O5. The zero-order chi connectivity index (χ0) is 26.6. The van der Waals surface area contributed by atoms with Gasteiger partial charge >= 0.3 is 0 Å². The van der Waals surface area contributed by atoms with Gasteiger partial charge in [-0.2, -0.15) is 0 Å². The molecule has 12 heteroatoms. The molecule has 3 aromatic carbocycles. The Morgan fingerprint density at radius 3 is 1.94 bits per heavy atom. The van der Waals surface area contributed by atoms with Crippen molar-refractivity contribution in [3.05, 3.63) is 83.2 Å². The maximum atomic E-state index is 14.1. The van der Waals surface area contributed by atoms with Gasteiger partial charge in [-0.1, -0.05) is 6.08 Å². The fourth-order valence-electron chi connectivity index (χ4n) is 2.94. The lowest BCUT2D eigenvalue weighted by molar-refractivity contribution is -0.111. The number of hydrogen-bond donors (Lipinski definition) is 3. The molecule has 0 aliphatic rings. The van der Waals surface area contributed by atoms with Gasteiger partial charge in [0.25, 0.3) is 5.91 Å². The van der Waals surface area contributed by atoms with E-state index in [2.05, 4.69) is 5.32 Å². The average Bonchev–Trinajstić information content (AvgIpc) is 2.85. The summed E-state index contributed by atoms with van der Waals surface area (Å²) in [5, 5.41) is 14.6. The topological polar surface area (TPSA) is 96.9 Å². The van der Waals surface area contributed by atoms with Gasteiger partial charge in [-0.3, -0.25) is 9.59 Å². The summed E-state index contributed by atoms with van der Waals surface area (Å²) >= 11 is 0. The third-order valence-electron chi connectivity index (χ3n) is 4.65. The highest BCUT2D eigenvalue weighted by atomic mass is 19.2. The number of allylic oxidation sites excluding steroid dienone is 1. The molecule has 0 fully saturated rings. The number of benzene rings is 3. The lowest BCUT2D eigenvalue weighted by Gasteiger charge is -2.16. The second-order valence-electron chi connectivity index (χ2n) is 7.03. The Hall–Kier alpha value is -4.61. The number of halogens is 5. The molecule has 188 valence electrons. The molecule has 0 heterocycles. The molecule has 0 aliphatic carbocycles. The number of methoxy groups -OCH3 is 1. The molecule has 0 bridgehead atoms. The van der Waals surface area contributed by atoms with Crippen LogP contribution in [0, 0.1) is 29.1 Å². The van der Waals surface area contributed by atoms with Gasteiger partial charge < -0.3 is 25.2 Å². The first kappa shape index (κ1) is 26.0. The normalized spacial score (nSPS) is 10.9. The highest BCUT2D eigenvalue weighted by molar-refractivity contribution is 6.06. The highest BCUT2D eigenvalue weighted by Gasteiger charge is 2.30. The number of carbonyl (C=O) groups excluding carboxylic acids is 2. The van der Waals surface area contributed by atoms with Crippen LogP contribution in [-0.4, -0.2) is 24.0 Å². The van der Waals surface area contributed by atoms with Crippen molar-refractivity contribution in [1.29, 1.82) is 0 Å². The first-order valence-corrected chi connectivity index (χ1v) is 10.0. The summed E-state index contributed by atoms with van der Waals surface area (Å²) in [6.45, 7) is 1.58. The quantitative estimate of drug-likeness (QED) is 0.126. The van der Waals surface area contributed by atoms with E-state index in [4.69, 9.17) is 9.47 Å². The van der Waals surface area contributed by atoms with Crippen molar-refractivity contribution in [3.63, 3.8) is 0 Å². The molecule has 0 spiro atoms. The SMILES string of the molecule is C/C=C/C(=O)Nc1cc(Oc2ccc(OC)cc2)c(NC(=O)c2c(F)c(F)c(F)c(F)c2F)cc1O. The van der Waals surface area contributed by atoms with Crippen molar-refractivity contribution < 1.29 is 46.1 Å². The van der Waals surface area contributed by atoms with Gasteiger partial charge in [-0.15, -0.1) is 0 Å². The molecule has 0 unspecified atom stereocenters. The standard InChI is InChI=1S/C24H17F5N2O5/c1-3-4-17(33)30-13-10-16(36-12-7-5-11(35-2)6-8-12)14(9-15(13)32)31-24(34)18-19(25)21(27)23(29)22(28)20(18)26/h3-10,32H,1-2H3,(H,30,33)(H,31,34)/b4-3+. The Bertz CT molecular complexity index is 1330. The van der Waals surface area contributed by atoms with Gasteiger partial charge in [0.05, 0.1) is 18.5 Å². The van der Waals surface area contributed by atoms with Gasteiger partial charge in [0.2, 0.25) is 11.7 Å². The zero-order valence-electron chi connectivity index (χ0n) is 18.6. The summed E-state index contributed by atoms with van der Waals surface area (Å²) in [5.74, 6) is -14.3. The third-order valence-corrected chi connectivity index (χ3v) is 4.65. The maximum absolute atomic E-state index is 14.1. The van der Waals surface area contributed by atoms with Crippen LogP contribution in [0.25, 0.3) is 0 Å². The van der Waals surface area contributed by atoms with E-state index in [1.54, 1.807) is 6.92 Å². The minimum absolute atomic E-state index is 0.166. The molecule has 0 atom stereocenters. The van der Waals surface area contributed by atoms with Gasteiger partial charge in [-0.05, 0) is 37.3 Å². The molecule has 3 rings (SSSR count). The number of anilines is 2. The summed E-state index contributed by atoms with van der Waals surface area (Å²) in [6.07, 6.45) is 2.59. The molecule has 7 nitrogen and oxygen atoms in total. The summed E-state index contributed by atoms with van der Waals surface area (Å²) < 4.78 is 79.4. The van der Waals surface area contributed by atoms with Crippen LogP contribution in [0.1, 0.15) is 17.3 Å². The maximum Gasteiger partial charge on any atom is 0.261 e. The molecule has 0 aromatic heterocycles. The molecule has 3 aromatic rings. The first-order valence-electron chi connectivity index (χ1n) is 10.0. The van der Waals surface area contributed by atoms with Gasteiger partial charge in [-0.25, -0.2) is 22.0 Å². The van der Waals surface area contributed by atoms with E-state index >= 15 is 0 Å². The number of aromatic hydroxyl groups is 1. The number of phenolic OH excluding ortho intramolecular Hbond substituents is 1. The zero-order valence-corrected chi connectivity index (χ0v) is 18.6. The van der Waals surface area contributed by atoms with Crippen molar-refractivity contribution >= 4 is 23.2 Å². The van der Waals surface area contributed by atoms with Crippen molar-refractivity contribution in [2.75, 3.05) is 17.7 Å². The van der Waals surface area contributed by atoms with Crippen LogP contribution in [0.2, 0.25) is 0 Å². The Labute approximate surface area is 200 Å². The molecule has 0 aliphatic heterocycles. The highest BCUT2D eigenvalue weighted by Crippen LogP contribution is 2.39. The number of ether oxygens (including phenoxy) is 2. The number of nitrogens with one attached hydrogen (secondary N) is 2.